The second kappa shape index (κ2) is 11.7. The van der Waals surface area contributed by atoms with Gasteiger partial charge < -0.3 is 10.2 Å². The van der Waals surface area contributed by atoms with Crippen LogP contribution in [0.3, 0.4) is 0 Å². The van der Waals surface area contributed by atoms with E-state index in [-0.39, 0.29) is 18.5 Å². The van der Waals surface area contributed by atoms with Gasteiger partial charge in [-0.05, 0) is 57.4 Å². The Balaban J connectivity index is 2.45. The van der Waals surface area contributed by atoms with Crippen molar-refractivity contribution in [2.24, 2.45) is 0 Å². The minimum atomic E-state index is -3.80. The number of nitrogens with zero attached hydrogens (tertiary/aromatic N) is 2. The number of hydrogen-bond acceptors (Lipinski definition) is 4. The van der Waals surface area contributed by atoms with Crippen LogP contribution < -0.4 is 9.62 Å². The quantitative estimate of drug-likeness (QED) is 0.525. The van der Waals surface area contributed by atoms with E-state index in [1.165, 1.54) is 11.0 Å². The lowest BCUT2D eigenvalue weighted by molar-refractivity contribution is -0.140. The van der Waals surface area contributed by atoms with Crippen LogP contribution in [0.1, 0.15) is 43.9 Å². The van der Waals surface area contributed by atoms with E-state index in [0.29, 0.717) is 17.1 Å². The number of nitrogens with one attached hydrogen (secondary N) is 1. The van der Waals surface area contributed by atoms with Crippen molar-refractivity contribution >= 4 is 39.1 Å². The second-order valence-electron chi connectivity index (χ2n) is 8.80. The fourth-order valence-corrected chi connectivity index (χ4v) is 4.56. The lowest BCUT2D eigenvalue weighted by Gasteiger charge is -2.33. The van der Waals surface area contributed by atoms with Crippen LogP contribution in [0, 0.1) is 13.8 Å². The number of benzene rings is 2. The van der Waals surface area contributed by atoms with Gasteiger partial charge in [-0.2, -0.15) is 0 Å². The molecule has 0 aromatic heterocycles. The third-order valence-electron chi connectivity index (χ3n) is 5.41. The van der Waals surface area contributed by atoms with Crippen molar-refractivity contribution in [3.63, 3.8) is 0 Å². The van der Waals surface area contributed by atoms with E-state index in [1.54, 1.807) is 12.1 Å². The topological polar surface area (TPSA) is 86.8 Å². The maximum Gasteiger partial charge on any atom is 0.244 e. The molecule has 2 aromatic rings. The molecular weight excluding hydrogens is 474 g/mol. The van der Waals surface area contributed by atoms with E-state index in [0.717, 1.165) is 27.3 Å². The molecule has 186 valence electrons. The van der Waals surface area contributed by atoms with Gasteiger partial charge in [0.05, 0.1) is 11.9 Å². The zero-order valence-electron chi connectivity index (χ0n) is 20.6. The molecule has 2 rings (SSSR count). The maximum absolute atomic E-state index is 13.6. The van der Waals surface area contributed by atoms with Crippen LogP contribution in [0.4, 0.5) is 5.69 Å². The molecule has 1 N–H and O–H groups in total. The van der Waals surface area contributed by atoms with Crippen LogP contribution in [0.25, 0.3) is 0 Å². The summed E-state index contributed by atoms with van der Waals surface area (Å²) in [6, 6.07) is 11.7. The highest BCUT2D eigenvalue weighted by molar-refractivity contribution is 7.92. The van der Waals surface area contributed by atoms with Crippen LogP contribution in [0.2, 0.25) is 5.02 Å². The summed E-state index contributed by atoms with van der Waals surface area (Å²) in [4.78, 5) is 28.0. The predicted octanol–water partition coefficient (Wildman–Crippen LogP) is 4.05. The SMILES string of the molecule is CC[C@@H](C(=O)NC(C)C)N(Cc1ccc(C)cc1)C(=O)CN(c1ccc(C)c(Cl)c1)S(C)(=O)=O. The Hall–Kier alpha value is -2.58. The Labute approximate surface area is 208 Å². The molecule has 0 fully saturated rings. The number of anilines is 1. The summed E-state index contributed by atoms with van der Waals surface area (Å²) >= 11 is 6.22. The summed E-state index contributed by atoms with van der Waals surface area (Å²) in [6.07, 6.45) is 1.42. The van der Waals surface area contributed by atoms with E-state index >= 15 is 0 Å². The Bertz CT molecular complexity index is 1120. The molecule has 0 unspecified atom stereocenters. The lowest BCUT2D eigenvalue weighted by Crippen LogP contribution is -2.53. The fourth-order valence-electron chi connectivity index (χ4n) is 3.54. The second-order valence-corrected chi connectivity index (χ2v) is 11.1. The molecule has 0 aliphatic heterocycles. The number of rotatable bonds is 10. The minimum absolute atomic E-state index is 0.0971. The standard InChI is InChI=1S/C25H34ClN3O4S/c1-7-23(25(31)27-17(2)3)28(15-20-11-8-18(4)9-12-20)24(30)16-29(34(6,32)33)21-13-10-19(5)22(26)14-21/h8-14,17,23H,7,15-16H2,1-6H3,(H,27,31)/t23-/m0/s1. The monoisotopic (exact) mass is 507 g/mol. The molecule has 0 saturated heterocycles. The molecule has 0 radical (unpaired) electrons. The Morgan fingerprint density at radius 3 is 2.18 bits per heavy atom. The van der Waals surface area contributed by atoms with Crippen molar-refractivity contribution in [2.75, 3.05) is 17.1 Å². The zero-order valence-corrected chi connectivity index (χ0v) is 22.2. The number of carbonyl (C=O) groups is 2. The molecule has 0 bridgehead atoms. The molecule has 0 aliphatic rings. The average molecular weight is 508 g/mol. The summed E-state index contributed by atoms with van der Waals surface area (Å²) in [5, 5.41) is 3.27. The van der Waals surface area contributed by atoms with Crippen molar-refractivity contribution in [1.82, 2.24) is 10.2 Å². The highest BCUT2D eigenvalue weighted by Crippen LogP contribution is 2.25. The van der Waals surface area contributed by atoms with Crippen LogP contribution in [0.5, 0.6) is 0 Å². The molecule has 2 aromatic carbocycles. The van der Waals surface area contributed by atoms with E-state index in [4.69, 9.17) is 11.6 Å². The molecule has 34 heavy (non-hydrogen) atoms. The van der Waals surface area contributed by atoms with E-state index in [1.807, 2.05) is 58.9 Å². The molecule has 2 amide bonds. The number of sulfonamides is 1. The highest BCUT2D eigenvalue weighted by atomic mass is 35.5. The van der Waals surface area contributed by atoms with Gasteiger partial charge in [0.25, 0.3) is 0 Å². The van der Waals surface area contributed by atoms with E-state index < -0.39 is 28.5 Å². The van der Waals surface area contributed by atoms with Crippen molar-refractivity contribution in [3.8, 4) is 0 Å². The molecular formula is C25H34ClN3O4S. The summed E-state index contributed by atoms with van der Waals surface area (Å²) in [5.74, 6) is -0.754. The van der Waals surface area contributed by atoms with Gasteiger partial charge in [0.15, 0.2) is 0 Å². The molecule has 9 heteroatoms. The van der Waals surface area contributed by atoms with Crippen LogP contribution in [0.15, 0.2) is 42.5 Å². The van der Waals surface area contributed by atoms with Crippen molar-refractivity contribution < 1.29 is 18.0 Å². The largest absolute Gasteiger partial charge is 0.352 e. The molecule has 1 atom stereocenters. The first-order chi connectivity index (χ1) is 15.8. The predicted molar refractivity (Wildman–Crippen MR) is 137 cm³/mol. The first-order valence-corrected chi connectivity index (χ1v) is 13.4. The zero-order chi connectivity index (χ0) is 25.6. The molecule has 0 aliphatic carbocycles. The molecule has 7 nitrogen and oxygen atoms in total. The average Bonchev–Trinajstić information content (AvgIpc) is 2.74. The van der Waals surface area contributed by atoms with Crippen LogP contribution in [-0.4, -0.2) is 50.0 Å². The molecule has 0 heterocycles. The number of halogens is 1. The van der Waals surface area contributed by atoms with Crippen molar-refractivity contribution in [2.45, 2.75) is 59.7 Å². The van der Waals surface area contributed by atoms with Gasteiger partial charge in [-0.15, -0.1) is 0 Å². The van der Waals surface area contributed by atoms with Gasteiger partial charge in [0.1, 0.15) is 12.6 Å². The summed E-state index contributed by atoms with van der Waals surface area (Å²) in [6.45, 7) is 9.03. The van der Waals surface area contributed by atoms with Gasteiger partial charge in [-0.1, -0.05) is 54.4 Å². The van der Waals surface area contributed by atoms with E-state index in [2.05, 4.69) is 5.32 Å². The Morgan fingerprint density at radius 2 is 1.68 bits per heavy atom. The Morgan fingerprint density at radius 1 is 1.06 bits per heavy atom. The van der Waals surface area contributed by atoms with Crippen molar-refractivity contribution in [3.05, 3.63) is 64.2 Å². The van der Waals surface area contributed by atoms with E-state index in [9.17, 15) is 18.0 Å². The van der Waals surface area contributed by atoms with Crippen molar-refractivity contribution in [1.29, 1.82) is 0 Å². The number of hydrogen-bond donors (Lipinski definition) is 1. The maximum atomic E-state index is 13.6. The van der Waals surface area contributed by atoms with Gasteiger partial charge in [0.2, 0.25) is 21.8 Å². The first-order valence-electron chi connectivity index (χ1n) is 11.2. The van der Waals surface area contributed by atoms with Gasteiger partial charge >= 0.3 is 0 Å². The van der Waals surface area contributed by atoms with Gasteiger partial charge in [-0.3, -0.25) is 13.9 Å². The summed E-state index contributed by atoms with van der Waals surface area (Å²) < 4.78 is 26.3. The van der Waals surface area contributed by atoms with Crippen LogP contribution >= 0.6 is 11.6 Å². The Kier molecular flexibility index (Phi) is 9.53. The third-order valence-corrected chi connectivity index (χ3v) is 6.96. The first kappa shape index (κ1) is 27.7. The molecule has 0 spiro atoms. The lowest BCUT2D eigenvalue weighted by atomic mass is 10.1. The fraction of sp³-hybridized carbons (Fsp3) is 0.440. The number of carbonyl (C=O) groups excluding carboxylic acids is 2. The van der Waals surface area contributed by atoms with Gasteiger partial charge in [0, 0.05) is 17.6 Å². The highest BCUT2D eigenvalue weighted by Gasteiger charge is 2.32. The summed E-state index contributed by atoms with van der Waals surface area (Å²) in [5.41, 5.74) is 3.01. The summed E-state index contributed by atoms with van der Waals surface area (Å²) in [7, 11) is -3.80. The smallest absolute Gasteiger partial charge is 0.244 e. The normalized spacial score (nSPS) is 12.4. The number of aryl methyl sites for hydroxylation is 2. The molecule has 0 saturated carbocycles. The van der Waals surface area contributed by atoms with Gasteiger partial charge in [-0.25, -0.2) is 8.42 Å². The minimum Gasteiger partial charge on any atom is -0.352 e. The third kappa shape index (κ3) is 7.46. The van der Waals surface area contributed by atoms with Crippen LogP contribution in [-0.2, 0) is 26.2 Å². The number of amides is 2.